The molecule has 0 saturated heterocycles. The fourth-order valence-corrected chi connectivity index (χ4v) is 4.41. The molecule has 0 fully saturated rings. The molecule has 0 spiro atoms. The summed E-state index contributed by atoms with van der Waals surface area (Å²) in [5, 5.41) is 4.70. The zero-order valence-electron chi connectivity index (χ0n) is 15.4. The van der Waals surface area contributed by atoms with Gasteiger partial charge < -0.3 is 10.2 Å². The van der Waals surface area contributed by atoms with Gasteiger partial charge in [-0.1, -0.05) is 18.2 Å². The van der Waals surface area contributed by atoms with Crippen LogP contribution in [0, 0.1) is 0 Å². The highest BCUT2D eigenvalue weighted by molar-refractivity contribution is 7.93. The van der Waals surface area contributed by atoms with Gasteiger partial charge in [0, 0.05) is 30.9 Å². The molecule has 2 aromatic carbocycles. The van der Waals surface area contributed by atoms with E-state index in [0.29, 0.717) is 11.4 Å². The van der Waals surface area contributed by atoms with Gasteiger partial charge in [-0.2, -0.15) is 0 Å². The van der Waals surface area contributed by atoms with E-state index in [1.807, 2.05) is 43.3 Å². The van der Waals surface area contributed by atoms with Crippen LogP contribution in [-0.2, 0) is 21.2 Å². The summed E-state index contributed by atoms with van der Waals surface area (Å²) in [6, 6.07) is 15.5. The second-order valence-corrected chi connectivity index (χ2v) is 8.77. The Morgan fingerprint density at radius 2 is 1.75 bits per heavy atom. The molecule has 2 N–H and O–H groups in total. The van der Waals surface area contributed by atoms with E-state index in [2.05, 4.69) is 15.0 Å². The number of hydrogen-bond acceptors (Lipinski definition) is 6. The first-order valence-corrected chi connectivity index (χ1v) is 10.8. The van der Waals surface area contributed by atoms with E-state index in [0.717, 1.165) is 17.0 Å². The van der Waals surface area contributed by atoms with Crippen LogP contribution in [0.4, 0.5) is 16.5 Å². The van der Waals surface area contributed by atoms with Crippen molar-refractivity contribution in [3.05, 3.63) is 65.7 Å². The number of aromatic nitrogens is 1. The summed E-state index contributed by atoms with van der Waals surface area (Å²) in [5.74, 6) is -0.222. The molecule has 7 nitrogen and oxygen atoms in total. The van der Waals surface area contributed by atoms with Gasteiger partial charge in [-0.25, -0.2) is 13.4 Å². The summed E-state index contributed by atoms with van der Waals surface area (Å²) in [6.45, 7) is 0. The monoisotopic (exact) mass is 416 g/mol. The lowest BCUT2D eigenvalue weighted by Gasteiger charge is -2.12. The van der Waals surface area contributed by atoms with Crippen molar-refractivity contribution >= 4 is 43.8 Å². The molecule has 0 unspecified atom stereocenters. The van der Waals surface area contributed by atoms with Gasteiger partial charge >= 0.3 is 0 Å². The molecule has 0 bridgehead atoms. The van der Waals surface area contributed by atoms with Gasteiger partial charge in [0.1, 0.15) is 0 Å². The van der Waals surface area contributed by atoms with Gasteiger partial charge in [0.25, 0.3) is 10.0 Å². The van der Waals surface area contributed by atoms with Crippen LogP contribution in [0.15, 0.2) is 64.9 Å². The van der Waals surface area contributed by atoms with Gasteiger partial charge in [-0.15, -0.1) is 11.3 Å². The lowest BCUT2D eigenvalue weighted by Crippen LogP contribution is -2.15. The number of rotatable bonds is 7. The topological polar surface area (TPSA) is 91.4 Å². The molecule has 1 amide bonds. The first kappa shape index (κ1) is 19.8. The highest BCUT2D eigenvalue weighted by atomic mass is 32.2. The van der Waals surface area contributed by atoms with Crippen molar-refractivity contribution in [3.63, 3.8) is 0 Å². The molecule has 0 aliphatic heterocycles. The van der Waals surface area contributed by atoms with Crippen LogP contribution in [0.1, 0.15) is 5.69 Å². The highest BCUT2D eigenvalue weighted by Gasteiger charge is 2.16. The Labute approximate surface area is 168 Å². The van der Waals surface area contributed by atoms with Crippen molar-refractivity contribution in [3.8, 4) is 0 Å². The molecule has 0 saturated carbocycles. The fourth-order valence-electron chi connectivity index (χ4n) is 2.42. The molecule has 1 heterocycles. The fraction of sp³-hybridized carbons (Fsp3) is 0.158. The van der Waals surface area contributed by atoms with E-state index in [1.54, 1.807) is 23.6 Å². The molecule has 28 heavy (non-hydrogen) atoms. The predicted molar refractivity (Wildman–Crippen MR) is 112 cm³/mol. The smallest absolute Gasteiger partial charge is 0.263 e. The molecular weight excluding hydrogens is 396 g/mol. The summed E-state index contributed by atoms with van der Waals surface area (Å²) in [7, 11) is 0.193. The van der Waals surface area contributed by atoms with Gasteiger partial charge in [0.2, 0.25) is 5.91 Å². The molecular formula is C19H20N4O3S2. The van der Waals surface area contributed by atoms with Crippen molar-refractivity contribution in [2.45, 2.75) is 11.3 Å². The van der Waals surface area contributed by atoms with Crippen molar-refractivity contribution in [1.29, 1.82) is 0 Å². The number of carbonyl (C=O) groups is 1. The number of nitrogens with zero attached hydrogens (tertiary/aromatic N) is 2. The second-order valence-electron chi connectivity index (χ2n) is 6.23. The molecule has 3 rings (SSSR count). The Balaban J connectivity index is 1.60. The van der Waals surface area contributed by atoms with Gasteiger partial charge in [0.05, 0.1) is 17.0 Å². The van der Waals surface area contributed by atoms with Crippen LogP contribution in [0.3, 0.4) is 0 Å². The van der Waals surface area contributed by atoms with Crippen LogP contribution in [0.2, 0.25) is 0 Å². The lowest BCUT2D eigenvalue weighted by atomic mass is 10.2. The van der Waals surface area contributed by atoms with E-state index >= 15 is 0 Å². The Kier molecular flexibility index (Phi) is 5.96. The minimum Gasteiger partial charge on any atom is -0.378 e. The minimum absolute atomic E-state index is 0.0546. The highest BCUT2D eigenvalue weighted by Crippen LogP contribution is 2.21. The van der Waals surface area contributed by atoms with E-state index in [1.165, 1.54) is 12.1 Å². The molecule has 0 aliphatic rings. The largest absolute Gasteiger partial charge is 0.378 e. The van der Waals surface area contributed by atoms with Crippen molar-refractivity contribution in [2.24, 2.45) is 0 Å². The van der Waals surface area contributed by atoms with Crippen LogP contribution in [-0.4, -0.2) is 33.4 Å². The van der Waals surface area contributed by atoms with Crippen molar-refractivity contribution < 1.29 is 13.2 Å². The van der Waals surface area contributed by atoms with Crippen LogP contribution in [0.5, 0.6) is 0 Å². The average Bonchev–Trinajstić information content (AvgIpc) is 3.08. The molecule has 3 aromatic rings. The van der Waals surface area contributed by atoms with E-state index in [4.69, 9.17) is 0 Å². The molecule has 9 heteroatoms. The first-order valence-electron chi connectivity index (χ1n) is 8.43. The van der Waals surface area contributed by atoms with Gasteiger partial charge in [-0.05, 0) is 36.4 Å². The molecule has 0 aliphatic carbocycles. The Morgan fingerprint density at radius 1 is 1.07 bits per heavy atom. The standard InChI is InChI=1S/C19H20N4O3S2/c1-23(2)16-10-8-14(9-11-16)20-18(24)12-15-13-27-19(21-15)22-28(25,26)17-6-4-3-5-7-17/h3-11,13H,12H2,1-2H3,(H,20,24)(H,21,22). The minimum atomic E-state index is -3.69. The molecule has 146 valence electrons. The van der Waals surface area contributed by atoms with E-state index in [-0.39, 0.29) is 22.4 Å². The number of amides is 1. The number of benzene rings is 2. The zero-order chi connectivity index (χ0) is 20.1. The Hall–Kier alpha value is -2.91. The number of nitrogens with one attached hydrogen (secondary N) is 2. The number of sulfonamides is 1. The quantitative estimate of drug-likeness (QED) is 0.617. The maximum atomic E-state index is 12.3. The Morgan fingerprint density at radius 3 is 2.39 bits per heavy atom. The molecule has 1 aromatic heterocycles. The summed E-state index contributed by atoms with van der Waals surface area (Å²) < 4.78 is 27.1. The summed E-state index contributed by atoms with van der Waals surface area (Å²) in [4.78, 5) is 18.6. The third-order valence-electron chi connectivity index (χ3n) is 3.84. The Bertz CT molecular complexity index is 1050. The summed E-state index contributed by atoms with van der Waals surface area (Å²) in [5.41, 5.74) is 2.22. The maximum Gasteiger partial charge on any atom is 0.263 e. The SMILES string of the molecule is CN(C)c1ccc(NC(=O)Cc2csc(NS(=O)(=O)c3ccccc3)n2)cc1. The number of carbonyl (C=O) groups excluding carboxylic acids is 1. The predicted octanol–water partition coefficient (Wildman–Crippen LogP) is 3.19. The van der Waals surface area contributed by atoms with Gasteiger partial charge in [0.15, 0.2) is 5.13 Å². The van der Waals surface area contributed by atoms with Crippen LogP contribution >= 0.6 is 11.3 Å². The van der Waals surface area contributed by atoms with E-state index < -0.39 is 10.0 Å². The third kappa shape index (κ3) is 5.08. The number of hydrogen-bond donors (Lipinski definition) is 2. The van der Waals surface area contributed by atoms with E-state index in [9.17, 15) is 13.2 Å². The zero-order valence-corrected chi connectivity index (χ0v) is 17.0. The average molecular weight is 417 g/mol. The second kappa shape index (κ2) is 8.41. The maximum absolute atomic E-state index is 12.3. The molecule has 0 radical (unpaired) electrons. The van der Waals surface area contributed by atoms with Crippen LogP contribution < -0.4 is 14.9 Å². The number of anilines is 3. The molecule has 0 atom stereocenters. The van der Waals surface area contributed by atoms with Crippen LogP contribution in [0.25, 0.3) is 0 Å². The summed E-state index contributed by atoms with van der Waals surface area (Å²) in [6.07, 6.45) is 0.0546. The van der Waals surface area contributed by atoms with Gasteiger partial charge in [-0.3, -0.25) is 9.52 Å². The van der Waals surface area contributed by atoms with Crippen molar-refractivity contribution in [1.82, 2.24) is 4.98 Å². The van der Waals surface area contributed by atoms with Crippen molar-refractivity contribution in [2.75, 3.05) is 29.0 Å². The third-order valence-corrected chi connectivity index (χ3v) is 6.13. The first-order chi connectivity index (χ1) is 13.3. The summed E-state index contributed by atoms with van der Waals surface area (Å²) >= 11 is 1.14. The normalized spacial score (nSPS) is 11.1. The lowest BCUT2D eigenvalue weighted by molar-refractivity contribution is -0.115. The number of thiazole rings is 1.